The number of carbonyl (C=O) groups excluding carboxylic acids is 1. The molecule has 0 radical (unpaired) electrons. The summed E-state index contributed by atoms with van der Waals surface area (Å²) < 4.78 is 19.9. The van der Waals surface area contributed by atoms with Crippen molar-refractivity contribution in [2.75, 3.05) is 12.1 Å². The lowest BCUT2D eigenvalue weighted by Crippen LogP contribution is -2.27. The first-order valence-corrected chi connectivity index (χ1v) is 9.14. The van der Waals surface area contributed by atoms with Crippen molar-refractivity contribution >= 4 is 23.4 Å². The van der Waals surface area contributed by atoms with E-state index in [1.165, 1.54) is 11.1 Å². The monoisotopic (exact) mass is 403 g/mol. The molecule has 0 aliphatic heterocycles. The zero-order valence-corrected chi connectivity index (χ0v) is 16.4. The Morgan fingerprint density at radius 1 is 1.36 bits per heavy atom. The van der Waals surface area contributed by atoms with E-state index in [4.69, 9.17) is 15.4 Å². The van der Waals surface area contributed by atoms with E-state index in [1.807, 2.05) is 30.5 Å². The van der Waals surface area contributed by atoms with Crippen LogP contribution in [0.25, 0.3) is 10.6 Å². The molecule has 0 saturated carbocycles. The topological polar surface area (TPSA) is 106 Å². The van der Waals surface area contributed by atoms with Gasteiger partial charge in [0, 0.05) is 29.8 Å². The molecule has 0 bridgehead atoms. The van der Waals surface area contributed by atoms with Gasteiger partial charge in [0.1, 0.15) is 23.2 Å². The van der Waals surface area contributed by atoms with E-state index in [0.717, 1.165) is 16.1 Å². The average molecular weight is 403 g/mol. The number of nitrogens with zero attached hydrogens (tertiary/aromatic N) is 2. The standard InChI is InChI=1S/C18H18FN3OS.CH4N2O/c1-12-10-13(18-21-8-9-24-18)6-7-17(12)23-11-14-15(19)4-3-5-16(14)22(2)20;2-3-1-4/h3-10H,11,20H2,1-2H3;1H,2H2,(H,3,4). The lowest BCUT2D eigenvalue weighted by Gasteiger charge is -2.18. The summed E-state index contributed by atoms with van der Waals surface area (Å²) in [6.45, 7) is 2.07. The maximum atomic E-state index is 14.1. The largest absolute Gasteiger partial charge is 0.488 e. The van der Waals surface area contributed by atoms with Crippen molar-refractivity contribution in [1.29, 1.82) is 0 Å². The van der Waals surface area contributed by atoms with Crippen molar-refractivity contribution in [3.63, 3.8) is 0 Å². The van der Waals surface area contributed by atoms with E-state index >= 15 is 0 Å². The van der Waals surface area contributed by atoms with Crippen LogP contribution in [0.3, 0.4) is 0 Å². The molecule has 5 N–H and O–H groups in total. The third kappa shape index (κ3) is 5.49. The van der Waals surface area contributed by atoms with Crippen LogP contribution in [-0.4, -0.2) is 18.4 Å². The summed E-state index contributed by atoms with van der Waals surface area (Å²) >= 11 is 1.59. The number of aryl methyl sites for hydroxylation is 1. The molecule has 3 rings (SSSR count). The Bertz CT molecular complexity index is 903. The van der Waals surface area contributed by atoms with Crippen molar-refractivity contribution in [2.45, 2.75) is 13.5 Å². The van der Waals surface area contributed by atoms with Gasteiger partial charge < -0.3 is 9.75 Å². The number of thiazole rings is 1. The van der Waals surface area contributed by atoms with Crippen LogP contribution >= 0.6 is 11.3 Å². The highest BCUT2D eigenvalue weighted by Gasteiger charge is 2.12. The van der Waals surface area contributed by atoms with Gasteiger partial charge in [0.2, 0.25) is 6.41 Å². The van der Waals surface area contributed by atoms with E-state index in [1.54, 1.807) is 42.1 Å². The van der Waals surface area contributed by atoms with Crippen LogP contribution < -0.4 is 26.9 Å². The third-order valence-corrected chi connectivity index (χ3v) is 4.59. The highest BCUT2D eigenvalue weighted by Crippen LogP contribution is 2.29. The maximum absolute atomic E-state index is 14.1. The van der Waals surface area contributed by atoms with Gasteiger partial charge in [0.25, 0.3) is 0 Å². The fraction of sp³-hybridized carbons (Fsp3) is 0.158. The van der Waals surface area contributed by atoms with Crippen LogP contribution in [0.4, 0.5) is 10.1 Å². The third-order valence-electron chi connectivity index (χ3n) is 3.77. The van der Waals surface area contributed by atoms with E-state index in [0.29, 0.717) is 23.4 Å². The van der Waals surface area contributed by atoms with Gasteiger partial charge in [-0.3, -0.25) is 10.2 Å². The van der Waals surface area contributed by atoms with Gasteiger partial charge >= 0.3 is 0 Å². The number of aromatic nitrogens is 1. The Morgan fingerprint density at radius 3 is 2.68 bits per heavy atom. The fourth-order valence-electron chi connectivity index (χ4n) is 2.48. The van der Waals surface area contributed by atoms with Gasteiger partial charge in [0.15, 0.2) is 0 Å². The Hall–Kier alpha value is -3.01. The van der Waals surface area contributed by atoms with Gasteiger partial charge in [0.05, 0.1) is 5.69 Å². The molecule has 0 saturated heterocycles. The lowest BCUT2D eigenvalue weighted by molar-refractivity contribution is -0.109. The van der Waals surface area contributed by atoms with Crippen molar-refractivity contribution < 1.29 is 13.9 Å². The van der Waals surface area contributed by atoms with Gasteiger partial charge in [-0.15, -0.1) is 11.3 Å². The molecule has 7 nitrogen and oxygen atoms in total. The van der Waals surface area contributed by atoms with Crippen LogP contribution in [0, 0.1) is 12.7 Å². The minimum atomic E-state index is -0.332. The first-order chi connectivity index (χ1) is 13.5. The molecule has 0 aliphatic rings. The smallest absolute Gasteiger partial charge is 0.221 e. The van der Waals surface area contributed by atoms with Crippen molar-refractivity contribution in [2.24, 2.45) is 11.7 Å². The second-order valence-electron chi connectivity index (χ2n) is 5.74. The molecule has 2 aromatic carbocycles. The fourth-order valence-corrected chi connectivity index (χ4v) is 3.12. The predicted octanol–water partition coefficient (Wildman–Crippen LogP) is 2.75. The number of hydrazine groups is 2. The van der Waals surface area contributed by atoms with Crippen molar-refractivity contribution in [3.05, 3.63) is 64.9 Å². The molecule has 28 heavy (non-hydrogen) atoms. The zero-order chi connectivity index (χ0) is 20.5. The number of nitrogens with one attached hydrogen (secondary N) is 1. The number of nitrogens with two attached hydrogens (primary N) is 2. The number of hydrogen-bond acceptors (Lipinski definition) is 7. The number of rotatable bonds is 6. The summed E-state index contributed by atoms with van der Waals surface area (Å²) in [6.07, 6.45) is 2.18. The minimum Gasteiger partial charge on any atom is -0.488 e. The van der Waals surface area contributed by atoms with Crippen molar-refractivity contribution in [1.82, 2.24) is 10.4 Å². The summed E-state index contributed by atoms with van der Waals surface area (Å²) in [5, 5.41) is 4.30. The summed E-state index contributed by atoms with van der Waals surface area (Å²) in [5.74, 6) is 10.6. The second-order valence-corrected chi connectivity index (χ2v) is 6.63. The first kappa shape index (κ1) is 21.3. The van der Waals surface area contributed by atoms with E-state index in [2.05, 4.69) is 10.8 Å². The SMILES string of the molecule is Cc1cc(-c2nccs2)ccc1OCc1c(F)cccc1N(C)N.NNC=O. The molecule has 1 heterocycles. The van der Waals surface area contributed by atoms with Gasteiger partial charge in [-0.2, -0.15) is 0 Å². The van der Waals surface area contributed by atoms with Crippen LogP contribution in [0.1, 0.15) is 11.1 Å². The highest BCUT2D eigenvalue weighted by molar-refractivity contribution is 7.13. The zero-order valence-electron chi connectivity index (χ0n) is 15.6. The van der Waals surface area contributed by atoms with Gasteiger partial charge in [-0.1, -0.05) is 6.07 Å². The van der Waals surface area contributed by atoms with Crippen LogP contribution in [0.5, 0.6) is 5.75 Å². The molecule has 3 aromatic rings. The normalized spacial score (nSPS) is 9.89. The van der Waals surface area contributed by atoms with E-state index < -0.39 is 0 Å². The molecule has 0 fully saturated rings. The highest BCUT2D eigenvalue weighted by atomic mass is 32.1. The lowest BCUT2D eigenvalue weighted by atomic mass is 10.1. The number of carbonyl (C=O) groups is 1. The number of amides is 1. The van der Waals surface area contributed by atoms with Gasteiger partial charge in [-0.25, -0.2) is 21.1 Å². The molecule has 0 atom stereocenters. The molecule has 0 spiro atoms. The summed E-state index contributed by atoms with van der Waals surface area (Å²) in [6, 6.07) is 10.7. The van der Waals surface area contributed by atoms with E-state index in [-0.39, 0.29) is 12.4 Å². The number of hydrogen-bond donors (Lipinski definition) is 3. The summed E-state index contributed by atoms with van der Waals surface area (Å²) in [4.78, 5) is 13.2. The van der Waals surface area contributed by atoms with E-state index in [9.17, 15) is 4.39 Å². The molecule has 1 aromatic heterocycles. The molecule has 148 valence electrons. The minimum absolute atomic E-state index is 0.112. The summed E-state index contributed by atoms with van der Waals surface area (Å²) in [5.41, 5.74) is 4.81. The number of ether oxygens (including phenoxy) is 1. The Balaban J connectivity index is 0.000000640. The van der Waals surface area contributed by atoms with Crippen LogP contribution in [0.15, 0.2) is 48.0 Å². The van der Waals surface area contributed by atoms with Crippen LogP contribution in [0.2, 0.25) is 0 Å². The predicted molar refractivity (Wildman–Crippen MR) is 109 cm³/mol. The number of benzene rings is 2. The molecule has 0 aliphatic carbocycles. The number of anilines is 1. The molecule has 0 unspecified atom stereocenters. The quantitative estimate of drug-likeness (QED) is 0.253. The molecular weight excluding hydrogens is 381 g/mol. The van der Waals surface area contributed by atoms with Crippen LogP contribution in [-0.2, 0) is 11.4 Å². The Kier molecular flexibility index (Phi) is 7.88. The first-order valence-electron chi connectivity index (χ1n) is 8.26. The second kappa shape index (κ2) is 10.4. The Labute approximate surface area is 166 Å². The Morgan fingerprint density at radius 2 is 2.11 bits per heavy atom. The number of halogens is 1. The maximum Gasteiger partial charge on any atom is 0.221 e. The van der Waals surface area contributed by atoms with Crippen molar-refractivity contribution in [3.8, 4) is 16.3 Å². The summed E-state index contributed by atoms with van der Waals surface area (Å²) in [7, 11) is 1.67. The molecule has 1 amide bonds. The molecule has 9 heteroatoms. The average Bonchev–Trinajstić information content (AvgIpc) is 3.22. The molecular formula is C19H22FN5O2S. The van der Waals surface area contributed by atoms with Gasteiger partial charge in [-0.05, 0) is 42.8 Å².